The molecule has 4 aromatic carbocycles. The molecule has 1 amide bonds. The van der Waals surface area contributed by atoms with Crippen LogP contribution in [0, 0.1) is 0 Å². The molecule has 0 aliphatic carbocycles. The molecule has 0 atom stereocenters. The van der Waals surface area contributed by atoms with E-state index >= 15 is 0 Å². The van der Waals surface area contributed by atoms with Crippen molar-refractivity contribution in [2.45, 2.75) is 0 Å². The van der Waals surface area contributed by atoms with Gasteiger partial charge in [-0.25, -0.2) is 8.42 Å². The third kappa shape index (κ3) is 6.75. The van der Waals surface area contributed by atoms with Crippen LogP contribution in [0.15, 0.2) is 103 Å². The van der Waals surface area contributed by atoms with E-state index in [-0.39, 0.29) is 22.7 Å². The molecule has 0 aliphatic rings. The minimum atomic E-state index is -3.81. The van der Waals surface area contributed by atoms with Gasteiger partial charge in [-0.1, -0.05) is 60.1 Å². The number of ketones is 1. The second-order valence-corrected chi connectivity index (χ2v) is 10.5. The number of hydrogen-bond acceptors (Lipinski definition) is 5. The van der Waals surface area contributed by atoms with Gasteiger partial charge in [0.15, 0.2) is 5.78 Å². The van der Waals surface area contributed by atoms with Crippen molar-refractivity contribution in [1.82, 2.24) is 0 Å². The molecule has 188 valence electrons. The zero-order valence-electron chi connectivity index (χ0n) is 19.8. The number of rotatable bonds is 9. The van der Waals surface area contributed by atoms with E-state index < -0.39 is 22.5 Å². The number of nitrogens with zero attached hydrogens (tertiary/aromatic N) is 1. The fraction of sp³-hybridized carbons (Fsp3) is 0.0714. The number of hydrogen-bond donors (Lipinski definition) is 1. The molecule has 37 heavy (non-hydrogen) atoms. The molecule has 4 rings (SSSR count). The number of carbonyl (C=O) groups excluding carboxylic acids is 2. The van der Waals surface area contributed by atoms with Gasteiger partial charge in [0.1, 0.15) is 18.0 Å². The van der Waals surface area contributed by atoms with E-state index in [1.54, 1.807) is 72.8 Å². The van der Waals surface area contributed by atoms with Crippen LogP contribution in [-0.2, 0) is 14.8 Å². The van der Waals surface area contributed by atoms with Crippen molar-refractivity contribution in [1.29, 1.82) is 0 Å². The minimum absolute atomic E-state index is 0.195. The highest BCUT2D eigenvalue weighted by molar-refractivity contribution is 7.92. The van der Waals surface area contributed by atoms with Gasteiger partial charge in [-0.2, -0.15) is 0 Å². The molecule has 0 radical (unpaired) electrons. The maximum Gasteiger partial charge on any atom is 0.245 e. The van der Waals surface area contributed by atoms with Gasteiger partial charge in [0, 0.05) is 16.1 Å². The smallest absolute Gasteiger partial charge is 0.245 e. The van der Waals surface area contributed by atoms with Gasteiger partial charge in [0.2, 0.25) is 15.9 Å². The van der Waals surface area contributed by atoms with Crippen LogP contribution < -0.4 is 14.4 Å². The molecule has 0 fully saturated rings. The van der Waals surface area contributed by atoms with Crippen LogP contribution in [-0.4, -0.2) is 32.9 Å². The van der Waals surface area contributed by atoms with Crippen LogP contribution in [0.25, 0.3) is 0 Å². The van der Waals surface area contributed by atoms with E-state index in [0.29, 0.717) is 22.1 Å². The Kier molecular flexibility index (Phi) is 7.91. The van der Waals surface area contributed by atoms with Gasteiger partial charge >= 0.3 is 0 Å². The fourth-order valence-electron chi connectivity index (χ4n) is 3.58. The quantitative estimate of drug-likeness (QED) is 0.275. The summed E-state index contributed by atoms with van der Waals surface area (Å²) in [7, 11) is -3.81. The lowest BCUT2D eigenvalue weighted by Crippen LogP contribution is -2.37. The number of ether oxygens (including phenoxy) is 1. The van der Waals surface area contributed by atoms with Crippen molar-refractivity contribution < 1.29 is 22.7 Å². The Morgan fingerprint density at radius 3 is 2.05 bits per heavy atom. The van der Waals surface area contributed by atoms with Gasteiger partial charge in [-0.3, -0.25) is 13.9 Å². The standard InChI is InChI=1S/C28H23ClN2O5S/c1-37(34,35)31(22-13-15-24(16-14-22)36-23-10-6-3-7-11-23)19-27(32)30-26-17-12-21(29)18-25(26)28(33)20-8-4-2-5-9-20/h2-18H,19H2,1H3,(H,30,32). The summed E-state index contributed by atoms with van der Waals surface area (Å²) >= 11 is 6.11. The van der Waals surface area contributed by atoms with Crippen molar-refractivity contribution in [3.63, 3.8) is 0 Å². The minimum Gasteiger partial charge on any atom is -0.457 e. The van der Waals surface area contributed by atoms with Crippen molar-refractivity contribution in [3.05, 3.63) is 119 Å². The van der Waals surface area contributed by atoms with Crippen molar-refractivity contribution in [2.24, 2.45) is 0 Å². The Labute approximate surface area is 220 Å². The number of anilines is 2. The van der Waals surface area contributed by atoms with E-state index in [1.807, 2.05) is 18.2 Å². The summed E-state index contributed by atoms with van der Waals surface area (Å²) in [6.45, 7) is -0.501. The summed E-state index contributed by atoms with van der Waals surface area (Å²) in [5, 5.41) is 2.98. The van der Waals surface area contributed by atoms with Gasteiger partial charge < -0.3 is 10.1 Å². The fourth-order valence-corrected chi connectivity index (χ4v) is 4.61. The maximum absolute atomic E-state index is 13.0. The highest BCUT2D eigenvalue weighted by atomic mass is 35.5. The average Bonchev–Trinajstić information content (AvgIpc) is 2.89. The summed E-state index contributed by atoms with van der Waals surface area (Å²) in [6, 6.07) is 28.6. The number of para-hydroxylation sites is 1. The summed E-state index contributed by atoms with van der Waals surface area (Å²) in [5.74, 6) is 0.198. The second kappa shape index (κ2) is 11.3. The van der Waals surface area contributed by atoms with Crippen LogP contribution in [0.3, 0.4) is 0 Å². The molecule has 7 nitrogen and oxygen atoms in total. The molecule has 0 unspecified atom stereocenters. The summed E-state index contributed by atoms with van der Waals surface area (Å²) in [4.78, 5) is 26.0. The normalized spacial score (nSPS) is 11.0. The third-order valence-electron chi connectivity index (χ3n) is 5.33. The lowest BCUT2D eigenvalue weighted by Gasteiger charge is -2.22. The molecule has 9 heteroatoms. The largest absolute Gasteiger partial charge is 0.457 e. The van der Waals surface area contributed by atoms with Gasteiger partial charge in [0.05, 0.1) is 17.6 Å². The lowest BCUT2D eigenvalue weighted by atomic mass is 10.0. The Balaban J connectivity index is 1.53. The molecule has 0 saturated carbocycles. The number of nitrogens with one attached hydrogen (secondary N) is 1. The first-order valence-electron chi connectivity index (χ1n) is 11.2. The first-order chi connectivity index (χ1) is 17.7. The predicted molar refractivity (Wildman–Crippen MR) is 145 cm³/mol. The molecular formula is C28H23ClN2O5S. The molecule has 1 N–H and O–H groups in total. The summed E-state index contributed by atoms with van der Waals surface area (Å²) < 4.78 is 31.8. The zero-order chi connectivity index (χ0) is 26.4. The van der Waals surface area contributed by atoms with Crippen LogP contribution in [0.4, 0.5) is 11.4 Å². The molecule has 0 bridgehead atoms. The van der Waals surface area contributed by atoms with Gasteiger partial charge in [-0.15, -0.1) is 0 Å². The predicted octanol–water partition coefficient (Wildman–Crippen LogP) is 5.77. The summed E-state index contributed by atoms with van der Waals surface area (Å²) in [5.41, 5.74) is 1.13. The van der Waals surface area contributed by atoms with Crippen LogP contribution in [0.2, 0.25) is 5.02 Å². The van der Waals surface area contributed by atoms with E-state index in [2.05, 4.69) is 5.32 Å². The van der Waals surface area contributed by atoms with E-state index in [0.717, 1.165) is 10.6 Å². The second-order valence-electron chi connectivity index (χ2n) is 8.11. The van der Waals surface area contributed by atoms with Crippen LogP contribution in [0.1, 0.15) is 15.9 Å². The Morgan fingerprint density at radius 2 is 1.43 bits per heavy atom. The van der Waals surface area contributed by atoms with Crippen molar-refractivity contribution in [2.75, 3.05) is 22.4 Å². The Morgan fingerprint density at radius 1 is 0.838 bits per heavy atom. The lowest BCUT2D eigenvalue weighted by molar-refractivity contribution is -0.114. The Bertz CT molecular complexity index is 1510. The number of benzene rings is 4. The molecule has 0 heterocycles. The van der Waals surface area contributed by atoms with Crippen LogP contribution in [0.5, 0.6) is 11.5 Å². The Hall–Kier alpha value is -4.14. The molecule has 0 spiro atoms. The molecule has 0 saturated heterocycles. The molecular weight excluding hydrogens is 512 g/mol. The van der Waals surface area contributed by atoms with Crippen molar-refractivity contribution >= 4 is 44.7 Å². The topological polar surface area (TPSA) is 92.8 Å². The number of amides is 1. The van der Waals surface area contributed by atoms with Gasteiger partial charge in [-0.05, 0) is 54.6 Å². The monoisotopic (exact) mass is 534 g/mol. The average molecular weight is 535 g/mol. The number of halogens is 1. The highest BCUT2D eigenvalue weighted by Gasteiger charge is 2.23. The molecule has 0 aromatic heterocycles. The zero-order valence-corrected chi connectivity index (χ0v) is 21.4. The van der Waals surface area contributed by atoms with E-state index in [1.165, 1.54) is 12.1 Å². The number of carbonyl (C=O) groups is 2. The first kappa shape index (κ1) is 25.9. The van der Waals surface area contributed by atoms with Gasteiger partial charge in [0.25, 0.3) is 0 Å². The molecule has 4 aromatic rings. The highest BCUT2D eigenvalue weighted by Crippen LogP contribution is 2.27. The third-order valence-corrected chi connectivity index (χ3v) is 6.70. The van der Waals surface area contributed by atoms with E-state index in [9.17, 15) is 18.0 Å². The van der Waals surface area contributed by atoms with E-state index in [4.69, 9.17) is 16.3 Å². The van der Waals surface area contributed by atoms with Crippen LogP contribution >= 0.6 is 11.6 Å². The SMILES string of the molecule is CS(=O)(=O)N(CC(=O)Nc1ccc(Cl)cc1C(=O)c1ccccc1)c1ccc(Oc2ccccc2)cc1. The molecule has 0 aliphatic heterocycles. The van der Waals surface area contributed by atoms with Crippen molar-refractivity contribution in [3.8, 4) is 11.5 Å². The number of sulfonamides is 1. The first-order valence-corrected chi connectivity index (χ1v) is 13.4. The maximum atomic E-state index is 13.0. The summed E-state index contributed by atoms with van der Waals surface area (Å²) in [6.07, 6.45) is 1.02.